The SMILES string of the molecule is C[C@]12CC[C@H](O)C[C@@H]1CC[C@@H]1[C@@H]2CC[C@]2(C)[C@@](O)(c3ccccc3)C=C[C@]12O. The number of rotatable bonds is 1. The van der Waals surface area contributed by atoms with Crippen molar-refractivity contribution in [1.29, 1.82) is 0 Å². The molecule has 8 atom stereocenters. The molecular formula is C25H34O3. The Balaban J connectivity index is 1.54. The van der Waals surface area contributed by atoms with Crippen LogP contribution in [0.1, 0.15) is 64.4 Å². The Morgan fingerprint density at radius 2 is 1.61 bits per heavy atom. The number of aliphatic hydroxyl groups is 3. The Morgan fingerprint density at radius 1 is 0.857 bits per heavy atom. The average molecular weight is 383 g/mol. The number of hydrogen-bond acceptors (Lipinski definition) is 3. The van der Waals surface area contributed by atoms with Gasteiger partial charge in [-0.3, -0.25) is 0 Å². The Bertz CT molecular complexity index is 790. The van der Waals surface area contributed by atoms with E-state index in [0.29, 0.717) is 11.8 Å². The molecule has 152 valence electrons. The molecule has 28 heavy (non-hydrogen) atoms. The van der Waals surface area contributed by atoms with Crippen molar-refractivity contribution in [2.75, 3.05) is 0 Å². The molecule has 3 saturated carbocycles. The summed E-state index contributed by atoms with van der Waals surface area (Å²) in [6, 6.07) is 9.86. The van der Waals surface area contributed by atoms with E-state index in [-0.39, 0.29) is 17.4 Å². The van der Waals surface area contributed by atoms with Crippen molar-refractivity contribution in [1.82, 2.24) is 0 Å². The van der Waals surface area contributed by atoms with Gasteiger partial charge in [-0.05, 0) is 79.8 Å². The van der Waals surface area contributed by atoms with Gasteiger partial charge in [0.05, 0.1) is 11.7 Å². The lowest BCUT2D eigenvalue weighted by Crippen LogP contribution is -2.65. The van der Waals surface area contributed by atoms with Gasteiger partial charge in [-0.15, -0.1) is 0 Å². The lowest BCUT2D eigenvalue weighted by atomic mass is 9.42. The van der Waals surface area contributed by atoms with Crippen molar-refractivity contribution in [3.8, 4) is 0 Å². The van der Waals surface area contributed by atoms with Crippen LogP contribution >= 0.6 is 0 Å². The molecule has 0 radical (unpaired) electrons. The molecule has 3 fully saturated rings. The maximum Gasteiger partial charge on any atom is 0.116 e. The van der Waals surface area contributed by atoms with E-state index in [9.17, 15) is 15.3 Å². The van der Waals surface area contributed by atoms with Gasteiger partial charge in [-0.1, -0.05) is 50.3 Å². The summed E-state index contributed by atoms with van der Waals surface area (Å²) in [4.78, 5) is 0. The summed E-state index contributed by atoms with van der Waals surface area (Å²) in [5.41, 5.74) is -1.65. The Kier molecular flexibility index (Phi) is 3.99. The van der Waals surface area contributed by atoms with Gasteiger partial charge < -0.3 is 15.3 Å². The number of hydrogen-bond donors (Lipinski definition) is 3. The first-order valence-electron chi connectivity index (χ1n) is 11.1. The van der Waals surface area contributed by atoms with Crippen molar-refractivity contribution in [2.45, 2.75) is 76.1 Å². The minimum absolute atomic E-state index is 0.152. The van der Waals surface area contributed by atoms with Crippen molar-refractivity contribution in [3.63, 3.8) is 0 Å². The second-order valence-electron chi connectivity index (χ2n) is 10.6. The Labute approximate surface area is 168 Å². The highest BCUT2D eigenvalue weighted by atomic mass is 16.3. The normalized spacial score (nSPS) is 52.6. The first-order valence-corrected chi connectivity index (χ1v) is 11.1. The predicted octanol–water partition coefficient (Wildman–Crippen LogP) is 4.17. The molecule has 0 spiro atoms. The lowest BCUT2D eigenvalue weighted by Gasteiger charge is -2.64. The van der Waals surface area contributed by atoms with E-state index < -0.39 is 16.6 Å². The van der Waals surface area contributed by atoms with Gasteiger partial charge in [-0.2, -0.15) is 0 Å². The second-order valence-corrected chi connectivity index (χ2v) is 10.6. The van der Waals surface area contributed by atoms with Crippen molar-refractivity contribution in [3.05, 3.63) is 48.0 Å². The van der Waals surface area contributed by atoms with Gasteiger partial charge in [0, 0.05) is 5.41 Å². The minimum Gasteiger partial charge on any atom is -0.393 e. The van der Waals surface area contributed by atoms with Gasteiger partial charge in [0.25, 0.3) is 0 Å². The van der Waals surface area contributed by atoms with Crippen LogP contribution in [0.25, 0.3) is 0 Å². The van der Waals surface area contributed by atoms with E-state index in [1.165, 1.54) is 0 Å². The predicted molar refractivity (Wildman–Crippen MR) is 109 cm³/mol. The first-order chi connectivity index (χ1) is 13.2. The largest absolute Gasteiger partial charge is 0.393 e. The highest BCUT2D eigenvalue weighted by Gasteiger charge is 2.69. The fraction of sp³-hybridized carbons (Fsp3) is 0.680. The number of fused-ring (bicyclic) bond motifs is 5. The smallest absolute Gasteiger partial charge is 0.116 e. The van der Waals surface area contributed by atoms with Crippen LogP contribution in [-0.2, 0) is 5.60 Å². The first kappa shape index (κ1) is 18.8. The van der Waals surface area contributed by atoms with E-state index in [0.717, 1.165) is 50.5 Å². The highest BCUT2D eigenvalue weighted by molar-refractivity contribution is 5.41. The third kappa shape index (κ3) is 2.16. The van der Waals surface area contributed by atoms with Crippen LogP contribution in [0.4, 0.5) is 0 Å². The topological polar surface area (TPSA) is 60.7 Å². The highest BCUT2D eigenvalue weighted by Crippen LogP contribution is 2.69. The van der Waals surface area contributed by atoms with Crippen molar-refractivity contribution < 1.29 is 15.3 Å². The van der Waals surface area contributed by atoms with Gasteiger partial charge >= 0.3 is 0 Å². The summed E-state index contributed by atoms with van der Waals surface area (Å²) in [7, 11) is 0. The number of benzene rings is 1. The summed E-state index contributed by atoms with van der Waals surface area (Å²) in [6.07, 6.45) is 10.4. The van der Waals surface area contributed by atoms with Crippen LogP contribution in [0, 0.1) is 28.6 Å². The van der Waals surface area contributed by atoms with Gasteiger partial charge in [0.2, 0.25) is 0 Å². The third-order valence-electron chi connectivity index (χ3n) is 9.70. The van der Waals surface area contributed by atoms with Crippen molar-refractivity contribution >= 4 is 0 Å². The molecule has 0 saturated heterocycles. The van der Waals surface area contributed by atoms with Crippen LogP contribution in [0.3, 0.4) is 0 Å². The molecular weight excluding hydrogens is 348 g/mol. The third-order valence-corrected chi connectivity index (χ3v) is 9.70. The van der Waals surface area contributed by atoms with Gasteiger partial charge in [0.15, 0.2) is 0 Å². The minimum atomic E-state index is -1.13. The van der Waals surface area contributed by atoms with Crippen LogP contribution in [0.15, 0.2) is 42.5 Å². The van der Waals surface area contributed by atoms with Crippen molar-refractivity contribution in [2.24, 2.45) is 28.6 Å². The van der Waals surface area contributed by atoms with E-state index in [1.807, 2.05) is 42.5 Å². The standard InChI is InChI=1S/C25H34O3/c1-22-12-10-19(26)16-18(22)8-9-21-20(22)11-13-23(2)24(27,14-15-25(21,23)28)17-6-4-3-5-7-17/h3-7,14-15,18-21,26-28H,8-13,16H2,1-2H3/t18-,19-,20-,21+,22-,23+,24-,25-/m0/s1. The van der Waals surface area contributed by atoms with Crippen LogP contribution < -0.4 is 0 Å². The molecule has 1 aromatic rings. The van der Waals surface area contributed by atoms with Gasteiger partial charge in [-0.25, -0.2) is 0 Å². The molecule has 0 heterocycles. The zero-order chi connectivity index (χ0) is 19.8. The lowest BCUT2D eigenvalue weighted by molar-refractivity contribution is -0.227. The van der Waals surface area contributed by atoms with E-state index >= 15 is 0 Å². The molecule has 0 amide bonds. The summed E-state index contributed by atoms with van der Waals surface area (Å²) in [6.45, 7) is 4.50. The van der Waals surface area contributed by atoms with Crippen LogP contribution in [0.2, 0.25) is 0 Å². The molecule has 0 aromatic heterocycles. The number of aliphatic hydroxyl groups excluding tert-OH is 1. The molecule has 3 nitrogen and oxygen atoms in total. The molecule has 0 unspecified atom stereocenters. The Hall–Kier alpha value is -1.16. The molecule has 4 aliphatic carbocycles. The average Bonchev–Trinajstić information content (AvgIpc) is 2.91. The molecule has 1 aromatic carbocycles. The molecule has 3 heteroatoms. The summed E-state index contributed by atoms with van der Waals surface area (Å²) >= 11 is 0. The molecule has 3 N–H and O–H groups in total. The molecule has 5 rings (SSSR count). The van der Waals surface area contributed by atoms with E-state index in [4.69, 9.17) is 0 Å². The second kappa shape index (κ2) is 5.93. The zero-order valence-electron chi connectivity index (χ0n) is 17.1. The van der Waals surface area contributed by atoms with E-state index in [2.05, 4.69) is 13.8 Å². The monoisotopic (exact) mass is 382 g/mol. The maximum atomic E-state index is 12.1. The zero-order valence-corrected chi connectivity index (χ0v) is 17.1. The summed E-state index contributed by atoms with van der Waals surface area (Å²) in [5.74, 6) is 1.19. The fourth-order valence-corrected chi connectivity index (χ4v) is 7.83. The Morgan fingerprint density at radius 3 is 2.36 bits per heavy atom. The molecule has 4 aliphatic rings. The molecule has 0 aliphatic heterocycles. The van der Waals surface area contributed by atoms with Crippen LogP contribution in [-0.4, -0.2) is 27.0 Å². The van der Waals surface area contributed by atoms with Crippen LogP contribution in [0.5, 0.6) is 0 Å². The summed E-state index contributed by atoms with van der Waals surface area (Å²) < 4.78 is 0. The summed E-state index contributed by atoms with van der Waals surface area (Å²) in [5, 5.41) is 34.1. The maximum absolute atomic E-state index is 12.1. The molecule has 0 bridgehead atoms. The quantitative estimate of drug-likeness (QED) is 0.639. The van der Waals surface area contributed by atoms with Gasteiger partial charge in [0.1, 0.15) is 5.60 Å². The fourth-order valence-electron chi connectivity index (χ4n) is 7.83. The van der Waals surface area contributed by atoms with E-state index in [1.54, 1.807) is 0 Å².